The number of nitrogens with one attached hydrogen (secondary N) is 1. The molecule has 0 aliphatic carbocycles. The number of hydrogen-bond donors (Lipinski definition) is 1. The summed E-state index contributed by atoms with van der Waals surface area (Å²) in [6.07, 6.45) is 0.769. The van der Waals surface area contributed by atoms with Crippen LogP contribution in [0.25, 0.3) is 0 Å². The van der Waals surface area contributed by atoms with Gasteiger partial charge in [0.1, 0.15) is 12.7 Å². The molecule has 0 aromatic heterocycles. The van der Waals surface area contributed by atoms with Crippen molar-refractivity contribution >= 4 is 19.1 Å². The monoisotopic (exact) mass is 504 g/mol. The molecular weight excluding hydrogens is 445 g/mol. The van der Waals surface area contributed by atoms with Gasteiger partial charge < -0.3 is 14.8 Å². The number of carbonyl (C=O) groups excluding carboxylic acids is 2. The third-order valence-corrected chi connectivity index (χ3v) is 12.0. The van der Waals surface area contributed by atoms with Crippen molar-refractivity contribution < 1.29 is 19.1 Å². The fourth-order valence-electron chi connectivity index (χ4n) is 4.43. The minimum absolute atomic E-state index is 0.0333. The van der Waals surface area contributed by atoms with Gasteiger partial charge in [-0.15, -0.1) is 0 Å². The Labute approximate surface area is 213 Å². The fraction of sp³-hybridized carbons (Fsp3) is 0.929. The molecule has 1 N–H and O–H groups in total. The highest BCUT2D eigenvalue weighted by molar-refractivity contribution is 7.77. The Morgan fingerprint density at radius 1 is 0.971 bits per heavy atom. The smallest absolute Gasteiger partial charge is 0.313 e. The molecule has 0 saturated carbocycles. The lowest BCUT2D eigenvalue weighted by molar-refractivity contribution is -0.151. The molecular formula is C28H59NO4P+. The van der Waals surface area contributed by atoms with Crippen molar-refractivity contribution in [3.05, 3.63) is 0 Å². The highest BCUT2D eigenvalue weighted by Gasteiger charge is 2.62. The summed E-state index contributed by atoms with van der Waals surface area (Å²) < 4.78 is 10.9. The third-order valence-electron chi connectivity index (χ3n) is 6.40. The normalized spacial score (nSPS) is 18.0. The molecule has 3 atom stereocenters. The molecule has 1 fully saturated rings. The molecule has 0 radical (unpaired) electrons. The number of amides is 1. The molecule has 34 heavy (non-hydrogen) atoms. The van der Waals surface area contributed by atoms with Crippen LogP contribution in [0.1, 0.15) is 103 Å². The number of ether oxygens (including phenoxy) is 2. The summed E-state index contributed by atoms with van der Waals surface area (Å²) in [6.45, 7) is 34.7. The van der Waals surface area contributed by atoms with E-state index in [4.69, 9.17) is 9.47 Å². The number of hydrogen-bond acceptors (Lipinski definition) is 4. The molecule has 1 aliphatic heterocycles. The zero-order valence-corrected chi connectivity index (χ0v) is 26.4. The van der Waals surface area contributed by atoms with Gasteiger partial charge in [-0.3, -0.25) is 9.59 Å². The lowest BCUT2D eigenvalue weighted by atomic mass is 9.79. The zero-order chi connectivity index (χ0) is 27.7. The highest BCUT2D eigenvalue weighted by Crippen LogP contribution is 2.72. The van der Waals surface area contributed by atoms with E-state index in [1.807, 2.05) is 41.5 Å². The van der Waals surface area contributed by atoms with Crippen LogP contribution >= 0.6 is 7.26 Å². The van der Waals surface area contributed by atoms with Gasteiger partial charge in [-0.25, -0.2) is 0 Å². The van der Waals surface area contributed by atoms with Crippen molar-refractivity contribution in [3.8, 4) is 0 Å². The van der Waals surface area contributed by atoms with Gasteiger partial charge in [0.15, 0.2) is 5.66 Å². The summed E-state index contributed by atoms with van der Waals surface area (Å²) in [4.78, 5) is 26.7. The molecule has 1 rings (SSSR count). The van der Waals surface area contributed by atoms with Gasteiger partial charge in [0.05, 0.1) is 17.7 Å². The van der Waals surface area contributed by atoms with Gasteiger partial charge in [-0.2, -0.15) is 0 Å². The van der Waals surface area contributed by atoms with Gasteiger partial charge in [0.25, 0.3) is 5.91 Å². The Hall–Kier alpha value is -0.670. The second-order valence-electron chi connectivity index (χ2n) is 12.5. The molecule has 1 saturated heterocycles. The largest absolute Gasteiger partial charge is 0.462 e. The van der Waals surface area contributed by atoms with E-state index in [1.165, 1.54) is 0 Å². The van der Waals surface area contributed by atoms with Crippen LogP contribution in [0, 0.1) is 16.7 Å². The zero-order valence-electron chi connectivity index (χ0n) is 25.5. The van der Waals surface area contributed by atoms with Gasteiger partial charge in [-0.1, -0.05) is 69.2 Å². The Bertz CT molecular complexity index is 611. The topological polar surface area (TPSA) is 67.9 Å². The van der Waals surface area contributed by atoms with Crippen LogP contribution in [0.3, 0.4) is 0 Å². The van der Waals surface area contributed by atoms with E-state index in [1.54, 1.807) is 0 Å². The maximum absolute atomic E-state index is 13.4. The van der Waals surface area contributed by atoms with Crippen molar-refractivity contribution in [1.29, 1.82) is 0 Å². The summed E-state index contributed by atoms with van der Waals surface area (Å²) in [7, 11) is -1.96. The van der Waals surface area contributed by atoms with E-state index in [-0.39, 0.29) is 51.6 Å². The SMILES string of the molecule is CC.CC.CC(C)NC(=O)C(C(C)(C)C)[P+](C)(C)C(C)(C)C(CC(C)(C)C)C(=O)OCC1CO1. The minimum atomic E-state index is -1.96. The van der Waals surface area contributed by atoms with Crippen molar-refractivity contribution in [2.45, 2.75) is 126 Å². The molecule has 0 aromatic rings. The standard InChI is InChI=1S/C24H46NO4P.2C2H6/c1-16(2)25-20(26)19(23(6,7)8)30(11,12)24(9,10)18(13-22(3,4)5)21(27)29-15-17-14-28-17;2*1-2/h16-19H,13-15H2,1-12H3;2*1-2H3/p+1. The molecule has 0 aromatic carbocycles. The van der Waals surface area contributed by atoms with E-state index >= 15 is 0 Å². The lowest BCUT2D eigenvalue weighted by Crippen LogP contribution is -2.52. The van der Waals surface area contributed by atoms with E-state index in [2.05, 4.69) is 74.0 Å². The molecule has 1 amide bonds. The third kappa shape index (κ3) is 10.9. The Balaban J connectivity index is 0. The average molecular weight is 505 g/mol. The Morgan fingerprint density at radius 2 is 1.41 bits per heavy atom. The number of carbonyl (C=O) groups is 2. The Morgan fingerprint density at radius 3 is 1.74 bits per heavy atom. The predicted molar refractivity (Wildman–Crippen MR) is 150 cm³/mol. The Kier molecular flexibility index (Phi) is 14.8. The van der Waals surface area contributed by atoms with Crippen LogP contribution in [0.4, 0.5) is 0 Å². The van der Waals surface area contributed by atoms with Gasteiger partial charge >= 0.3 is 5.97 Å². The number of epoxide rings is 1. The molecule has 1 heterocycles. The first-order valence-corrected chi connectivity index (χ1v) is 16.0. The van der Waals surface area contributed by atoms with Gasteiger partial charge in [0.2, 0.25) is 0 Å². The van der Waals surface area contributed by atoms with Crippen molar-refractivity contribution in [2.24, 2.45) is 16.7 Å². The van der Waals surface area contributed by atoms with Crippen LogP contribution in [-0.4, -0.2) is 61.4 Å². The number of esters is 1. The first-order valence-electron chi connectivity index (χ1n) is 13.2. The maximum Gasteiger partial charge on any atom is 0.313 e. The summed E-state index contributed by atoms with van der Waals surface area (Å²) in [5.74, 6) is -0.343. The molecule has 6 heteroatoms. The molecule has 3 unspecified atom stereocenters. The number of rotatable bonds is 9. The summed E-state index contributed by atoms with van der Waals surface area (Å²) in [6, 6.07) is 0.0827. The predicted octanol–water partition coefficient (Wildman–Crippen LogP) is 7.03. The summed E-state index contributed by atoms with van der Waals surface area (Å²) in [5.41, 5.74) is -0.413. The van der Waals surface area contributed by atoms with Crippen molar-refractivity contribution in [2.75, 3.05) is 26.5 Å². The first kappa shape index (κ1) is 35.5. The van der Waals surface area contributed by atoms with E-state index in [0.29, 0.717) is 13.2 Å². The van der Waals surface area contributed by atoms with Crippen molar-refractivity contribution in [3.63, 3.8) is 0 Å². The van der Waals surface area contributed by atoms with Crippen molar-refractivity contribution in [1.82, 2.24) is 5.32 Å². The first-order chi connectivity index (χ1) is 15.3. The van der Waals surface area contributed by atoms with Crippen LogP contribution in [-0.2, 0) is 19.1 Å². The molecule has 1 aliphatic rings. The summed E-state index contributed by atoms with van der Waals surface area (Å²) >= 11 is 0. The molecule has 5 nitrogen and oxygen atoms in total. The minimum Gasteiger partial charge on any atom is -0.462 e. The average Bonchev–Trinajstić information content (AvgIpc) is 3.49. The van der Waals surface area contributed by atoms with Gasteiger partial charge in [0, 0.05) is 32.0 Å². The second-order valence-corrected chi connectivity index (χ2v) is 17.3. The molecule has 204 valence electrons. The van der Waals surface area contributed by atoms with E-state index in [9.17, 15) is 9.59 Å². The van der Waals surface area contributed by atoms with Crippen LogP contribution in [0.15, 0.2) is 0 Å². The molecule has 0 bridgehead atoms. The van der Waals surface area contributed by atoms with E-state index < -0.39 is 7.26 Å². The molecule has 0 spiro atoms. The van der Waals surface area contributed by atoms with Crippen LogP contribution < -0.4 is 5.32 Å². The fourth-order valence-corrected chi connectivity index (χ4v) is 8.69. The quantitative estimate of drug-likeness (QED) is 0.208. The second kappa shape index (κ2) is 14.2. The van der Waals surface area contributed by atoms with Crippen LogP contribution in [0.5, 0.6) is 0 Å². The highest BCUT2D eigenvalue weighted by atomic mass is 31.2. The summed E-state index contributed by atoms with van der Waals surface area (Å²) in [5, 5.41) is 2.78. The van der Waals surface area contributed by atoms with Crippen LogP contribution in [0.2, 0.25) is 0 Å². The lowest BCUT2D eigenvalue weighted by Gasteiger charge is -2.48. The van der Waals surface area contributed by atoms with E-state index in [0.717, 1.165) is 6.42 Å². The van der Waals surface area contributed by atoms with Gasteiger partial charge in [-0.05, 0) is 39.5 Å². The maximum atomic E-state index is 13.4.